The van der Waals surface area contributed by atoms with E-state index >= 15 is 0 Å². The van der Waals surface area contributed by atoms with Crippen LogP contribution in [0.25, 0.3) is 0 Å². The lowest BCUT2D eigenvalue weighted by Gasteiger charge is -1.87. The lowest BCUT2D eigenvalue weighted by Crippen LogP contribution is -2.08. The van der Waals surface area contributed by atoms with E-state index in [2.05, 4.69) is 21.8 Å². The van der Waals surface area contributed by atoms with Gasteiger partial charge in [0.05, 0.1) is 12.0 Å². The van der Waals surface area contributed by atoms with E-state index in [9.17, 15) is 4.79 Å². The standard InChI is InChI=1S/C9H6N4O/c10-4-9-12-5-7(6-13-9)2-1-3-8(11)14/h5-6H,3H2,(H2,11,14). The quantitative estimate of drug-likeness (QED) is 0.602. The molecule has 0 spiro atoms. The summed E-state index contributed by atoms with van der Waals surface area (Å²) < 4.78 is 0. The second-order valence-corrected chi connectivity index (χ2v) is 2.35. The minimum atomic E-state index is -0.480. The van der Waals surface area contributed by atoms with Crippen LogP contribution in [-0.4, -0.2) is 15.9 Å². The smallest absolute Gasteiger partial charge is 0.232 e. The van der Waals surface area contributed by atoms with Crippen molar-refractivity contribution in [1.29, 1.82) is 5.26 Å². The molecule has 0 radical (unpaired) electrons. The number of nitriles is 1. The molecule has 0 unspecified atom stereocenters. The maximum atomic E-state index is 10.3. The van der Waals surface area contributed by atoms with Crippen molar-refractivity contribution in [2.45, 2.75) is 6.42 Å². The molecule has 1 aromatic heterocycles. The van der Waals surface area contributed by atoms with Gasteiger partial charge < -0.3 is 5.73 Å². The van der Waals surface area contributed by atoms with Crippen molar-refractivity contribution in [2.24, 2.45) is 5.73 Å². The summed E-state index contributed by atoms with van der Waals surface area (Å²) in [4.78, 5) is 17.7. The molecule has 1 rings (SSSR count). The van der Waals surface area contributed by atoms with Crippen LogP contribution in [0.15, 0.2) is 12.4 Å². The Hall–Kier alpha value is -2.40. The van der Waals surface area contributed by atoms with E-state index in [0.717, 1.165) is 0 Å². The van der Waals surface area contributed by atoms with Crippen LogP contribution in [0, 0.1) is 23.2 Å². The van der Waals surface area contributed by atoms with Crippen LogP contribution in [0.5, 0.6) is 0 Å². The fourth-order valence-corrected chi connectivity index (χ4v) is 0.684. The zero-order valence-corrected chi connectivity index (χ0v) is 7.19. The molecule has 0 bridgehead atoms. The number of nitrogens with zero attached hydrogens (tertiary/aromatic N) is 3. The molecule has 0 aromatic carbocycles. The first-order valence-electron chi connectivity index (χ1n) is 3.71. The molecule has 0 saturated carbocycles. The van der Waals surface area contributed by atoms with Crippen molar-refractivity contribution in [2.75, 3.05) is 0 Å². The van der Waals surface area contributed by atoms with Crippen LogP contribution in [0.4, 0.5) is 0 Å². The Kier molecular flexibility index (Phi) is 3.17. The Morgan fingerprint density at radius 3 is 2.64 bits per heavy atom. The summed E-state index contributed by atoms with van der Waals surface area (Å²) in [7, 11) is 0. The topological polar surface area (TPSA) is 92.7 Å². The number of rotatable bonds is 1. The third kappa shape index (κ3) is 2.92. The van der Waals surface area contributed by atoms with E-state index in [1.165, 1.54) is 12.4 Å². The highest BCUT2D eigenvalue weighted by molar-refractivity contribution is 5.76. The monoisotopic (exact) mass is 186 g/mol. The largest absolute Gasteiger partial charge is 0.369 e. The zero-order valence-electron chi connectivity index (χ0n) is 7.19. The van der Waals surface area contributed by atoms with Gasteiger partial charge in [0.25, 0.3) is 0 Å². The number of carbonyl (C=O) groups is 1. The molecule has 14 heavy (non-hydrogen) atoms. The van der Waals surface area contributed by atoms with Gasteiger partial charge in [-0.25, -0.2) is 9.97 Å². The first-order valence-corrected chi connectivity index (χ1v) is 3.71. The Morgan fingerprint density at radius 1 is 1.50 bits per heavy atom. The van der Waals surface area contributed by atoms with Crippen molar-refractivity contribution < 1.29 is 4.79 Å². The number of nitrogens with two attached hydrogens (primary N) is 1. The molecule has 0 atom stereocenters. The van der Waals surface area contributed by atoms with Crippen LogP contribution in [0.1, 0.15) is 17.8 Å². The second kappa shape index (κ2) is 4.58. The molecule has 0 aliphatic rings. The molecule has 1 aromatic rings. The molecular weight excluding hydrogens is 180 g/mol. The molecule has 1 amide bonds. The molecule has 2 N–H and O–H groups in total. The molecule has 68 valence electrons. The van der Waals surface area contributed by atoms with Gasteiger partial charge in [0.15, 0.2) is 0 Å². The van der Waals surface area contributed by atoms with Crippen molar-refractivity contribution in [3.05, 3.63) is 23.8 Å². The summed E-state index contributed by atoms with van der Waals surface area (Å²) in [5.74, 6) is 4.80. The number of carbonyl (C=O) groups excluding carboxylic acids is 1. The van der Waals surface area contributed by atoms with Crippen LogP contribution < -0.4 is 5.73 Å². The SMILES string of the molecule is N#Cc1ncc(C#CCC(N)=O)cn1. The van der Waals surface area contributed by atoms with Crippen molar-refractivity contribution in [3.8, 4) is 17.9 Å². The fraction of sp³-hybridized carbons (Fsp3) is 0.111. The molecule has 5 nitrogen and oxygen atoms in total. The van der Waals surface area contributed by atoms with E-state index in [0.29, 0.717) is 5.56 Å². The Labute approximate surface area is 80.6 Å². The number of hydrogen-bond donors (Lipinski definition) is 1. The molecular formula is C9H6N4O. The van der Waals surface area contributed by atoms with Crippen LogP contribution in [0.2, 0.25) is 0 Å². The van der Waals surface area contributed by atoms with Crippen molar-refractivity contribution in [1.82, 2.24) is 9.97 Å². The van der Waals surface area contributed by atoms with Gasteiger partial charge >= 0.3 is 0 Å². The Morgan fingerprint density at radius 2 is 2.14 bits per heavy atom. The maximum absolute atomic E-state index is 10.3. The van der Waals surface area contributed by atoms with Gasteiger partial charge in [-0.2, -0.15) is 5.26 Å². The summed E-state index contributed by atoms with van der Waals surface area (Å²) in [6, 6.07) is 1.78. The molecule has 0 fully saturated rings. The average molecular weight is 186 g/mol. The highest BCUT2D eigenvalue weighted by Gasteiger charge is 1.92. The van der Waals surface area contributed by atoms with Gasteiger partial charge in [0, 0.05) is 12.4 Å². The second-order valence-electron chi connectivity index (χ2n) is 2.35. The summed E-state index contributed by atoms with van der Waals surface area (Å²) in [6.07, 6.45) is 2.83. The lowest BCUT2D eigenvalue weighted by molar-refractivity contribution is -0.117. The number of aromatic nitrogens is 2. The van der Waals surface area contributed by atoms with E-state index in [-0.39, 0.29) is 12.2 Å². The molecule has 0 aliphatic carbocycles. The Balaban J connectivity index is 2.73. The summed E-state index contributed by atoms with van der Waals surface area (Å²) in [5.41, 5.74) is 5.43. The minimum absolute atomic E-state index is 0.00000142. The highest BCUT2D eigenvalue weighted by atomic mass is 16.1. The molecule has 0 aliphatic heterocycles. The van der Waals surface area contributed by atoms with Crippen LogP contribution >= 0.6 is 0 Å². The zero-order chi connectivity index (χ0) is 10.4. The predicted molar refractivity (Wildman–Crippen MR) is 47.4 cm³/mol. The van der Waals surface area contributed by atoms with Gasteiger partial charge in [0.2, 0.25) is 11.7 Å². The summed E-state index contributed by atoms with van der Waals surface area (Å²) in [5, 5.41) is 8.41. The third-order valence-corrected chi connectivity index (χ3v) is 1.25. The molecule has 1 heterocycles. The number of amides is 1. The maximum Gasteiger partial charge on any atom is 0.232 e. The fourth-order valence-electron chi connectivity index (χ4n) is 0.684. The van der Waals surface area contributed by atoms with Gasteiger partial charge in [-0.15, -0.1) is 0 Å². The van der Waals surface area contributed by atoms with Gasteiger partial charge in [0.1, 0.15) is 6.07 Å². The van der Waals surface area contributed by atoms with Gasteiger partial charge in [-0.3, -0.25) is 4.79 Å². The molecule has 5 heteroatoms. The van der Waals surface area contributed by atoms with Gasteiger partial charge in [-0.05, 0) is 0 Å². The Bertz CT molecular complexity index is 433. The minimum Gasteiger partial charge on any atom is -0.369 e. The number of primary amides is 1. The third-order valence-electron chi connectivity index (χ3n) is 1.25. The van der Waals surface area contributed by atoms with Crippen LogP contribution in [0.3, 0.4) is 0 Å². The van der Waals surface area contributed by atoms with E-state index in [1.54, 1.807) is 6.07 Å². The average Bonchev–Trinajstić information content (AvgIpc) is 2.18. The van der Waals surface area contributed by atoms with E-state index in [4.69, 9.17) is 11.0 Å². The van der Waals surface area contributed by atoms with Crippen molar-refractivity contribution in [3.63, 3.8) is 0 Å². The lowest BCUT2D eigenvalue weighted by atomic mass is 10.3. The van der Waals surface area contributed by atoms with E-state index < -0.39 is 5.91 Å². The first-order chi connectivity index (χ1) is 6.72. The highest BCUT2D eigenvalue weighted by Crippen LogP contribution is 1.92. The summed E-state index contributed by atoms with van der Waals surface area (Å²) >= 11 is 0. The summed E-state index contributed by atoms with van der Waals surface area (Å²) in [6.45, 7) is 0. The van der Waals surface area contributed by atoms with Crippen molar-refractivity contribution >= 4 is 5.91 Å². The normalized spacial score (nSPS) is 8.21. The molecule has 0 saturated heterocycles. The first kappa shape index (κ1) is 9.69. The van der Waals surface area contributed by atoms with E-state index in [1.807, 2.05) is 0 Å². The van der Waals surface area contributed by atoms with Crippen LogP contribution in [-0.2, 0) is 4.79 Å². The predicted octanol–water partition coefficient (Wildman–Crippen LogP) is -0.425. The number of hydrogen-bond acceptors (Lipinski definition) is 4. The van der Waals surface area contributed by atoms with Gasteiger partial charge in [-0.1, -0.05) is 11.8 Å².